The molecule has 0 saturated heterocycles. The number of amides is 1. The SMILES string of the molecule is CC(=O)O.CCOC(C(=O)NCc1ccc(C(=N)N)cc1)c1nc2ccccc2[nH]1. The normalized spacial score (nSPS) is 11.3. The molecule has 9 heteroatoms. The van der Waals surface area contributed by atoms with Crippen molar-refractivity contribution < 1.29 is 19.4 Å². The van der Waals surface area contributed by atoms with Gasteiger partial charge >= 0.3 is 0 Å². The molecule has 0 saturated carbocycles. The van der Waals surface area contributed by atoms with Gasteiger partial charge < -0.3 is 25.9 Å². The maximum atomic E-state index is 12.6. The van der Waals surface area contributed by atoms with Crippen LogP contribution < -0.4 is 11.1 Å². The molecule has 0 spiro atoms. The summed E-state index contributed by atoms with van der Waals surface area (Å²) in [5, 5.41) is 17.7. The van der Waals surface area contributed by atoms with Crippen molar-refractivity contribution in [1.82, 2.24) is 15.3 Å². The fraction of sp³-hybridized carbons (Fsp3) is 0.238. The first kappa shape index (κ1) is 22.6. The number of rotatable bonds is 7. The van der Waals surface area contributed by atoms with E-state index in [4.69, 9.17) is 25.8 Å². The predicted molar refractivity (Wildman–Crippen MR) is 113 cm³/mol. The lowest BCUT2D eigenvalue weighted by Gasteiger charge is -2.15. The third-order valence-corrected chi connectivity index (χ3v) is 3.96. The number of para-hydroxylation sites is 2. The Hall–Kier alpha value is -3.72. The van der Waals surface area contributed by atoms with Crippen molar-refractivity contribution in [2.75, 3.05) is 6.61 Å². The van der Waals surface area contributed by atoms with Gasteiger partial charge in [0, 0.05) is 25.6 Å². The molecule has 1 amide bonds. The zero-order chi connectivity index (χ0) is 22.1. The van der Waals surface area contributed by atoms with E-state index in [0.29, 0.717) is 24.5 Å². The molecule has 0 fully saturated rings. The van der Waals surface area contributed by atoms with E-state index >= 15 is 0 Å². The lowest BCUT2D eigenvalue weighted by Crippen LogP contribution is -2.31. The highest BCUT2D eigenvalue weighted by Crippen LogP contribution is 2.19. The maximum absolute atomic E-state index is 12.6. The molecule has 0 bridgehead atoms. The van der Waals surface area contributed by atoms with Crippen LogP contribution in [0, 0.1) is 5.41 Å². The number of nitrogens with two attached hydrogens (primary N) is 1. The Kier molecular flexibility index (Phi) is 8.07. The molecule has 2 aromatic carbocycles. The van der Waals surface area contributed by atoms with Crippen LogP contribution in [0.15, 0.2) is 48.5 Å². The van der Waals surface area contributed by atoms with E-state index < -0.39 is 12.1 Å². The number of fused-ring (bicyclic) bond motifs is 1. The Morgan fingerprint density at radius 3 is 2.43 bits per heavy atom. The van der Waals surface area contributed by atoms with Gasteiger partial charge in [-0.2, -0.15) is 0 Å². The third kappa shape index (κ3) is 6.42. The minimum atomic E-state index is -0.833. The smallest absolute Gasteiger partial charge is 0.300 e. The van der Waals surface area contributed by atoms with E-state index in [0.717, 1.165) is 23.5 Å². The number of nitrogen functional groups attached to an aromatic ring is 1. The maximum Gasteiger partial charge on any atom is 0.300 e. The zero-order valence-corrected chi connectivity index (χ0v) is 16.8. The summed E-state index contributed by atoms with van der Waals surface area (Å²) in [4.78, 5) is 29.2. The summed E-state index contributed by atoms with van der Waals surface area (Å²) < 4.78 is 5.61. The minimum Gasteiger partial charge on any atom is -0.481 e. The Labute approximate surface area is 173 Å². The van der Waals surface area contributed by atoms with Gasteiger partial charge in [-0.15, -0.1) is 0 Å². The number of benzene rings is 2. The van der Waals surface area contributed by atoms with Crippen LogP contribution in [-0.4, -0.2) is 39.4 Å². The molecule has 3 aromatic rings. The molecule has 3 rings (SSSR count). The molecule has 1 unspecified atom stereocenters. The lowest BCUT2D eigenvalue weighted by molar-refractivity contribution is -0.134. The Balaban J connectivity index is 0.000000735. The molecule has 9 nitrogen and oxygen atoms in total. The molecule has 1 heterocycles. The van der Waals surface area contributed by atoms with Crippen molar-refractivity contribution in [3.63, 3.8) is 0 Å². The minimum absolute atomic E-state index is 0.0156. The number of amidine groups is 1. The number of aromatic nitrogens is 2. The first-order valence-electron chi connectivity index (χ1n) is 9.28. The molecule has 6 N–H and O–H groups in total. The molecule has 0 radical (unpaired) electrons. The second-order valence-corrected chi connectivity index (χ2v) is 6.32. The van der Waals surface area contributed by atoms with Gasteiger partial charge in [0.1, 0.15) is 11.7 Å². The number of hydrogen-bond donors (Lipinski definition) is 5. The fourth-order valence-electron chi connectivity index (χ4n) is 2.63. The van der Waals surface area contributed by atoms with Gasteiger partial charge in [-0.1, -0.05) is 36.4 Å². The molecule has 0 aliphatic heterocycles. The van der Waals surface area contributed by atoms with Crippen LogP contribution >= 0.6 is 0 Å². The first-order chi connectivity index (χ1) is 14.3. The number of hydrogen-bond acceptors (Lipinski definition) is 5. The van der Waals surface area contributed by atoms with E-state index in [9.17, 15) is 4.79 Å². The molecule has 1 atom stereocenters. The summed E-state index contributed by atoms with van der Waals surface area (Å²) in [7, 11) is 0. The summed E-state index contributed by atoms with van der Waals surface area (Å²) in [6, 6.07) is 14.8. The molecule has 30 heavy (non-hydrogen) atoms. The number of nitrogens with one attached hydrogen (secondary N) is 3. The number of ether oxygens (including phenoxy) is 1. The summed E-state index contributed by atoms with van der Waals surface area (Å²) in [6.45, 7) is 3.66. The second-order valence-electron chi connectivity index (χ2n) is 6.32. The number of imidazole rings is 1. The summed E-state index contributed by atoms with van der Waals surface area (Å²) in [5.74, 6) is -0.596. The number of H-pyrrole nitrogens is 1. The van der Waals surface area contributed by atoms with Crippen LogP contribution in [0.3, 0.4) is 0 Å². The number of nitrogens with zero attached hydrogens (tertiary/aromatic N) is 1. The molecular formula is C21H25N5O4. The van der Waals surface area contributed by atoms with Crippen molar-refractivity contribution in [2.45, 2.75) is 26.5 Å². The summed E-state index contributed by atoms with van der Waals surface area (Å²) in [6.07, 6.45) is -0.802. The Morgan fingerprint density at radius 2 is 1.87 bits per heavy atom. The monoisotopic (exact) mass is 411 g/mol. The average Bonchev–Trinajstić information content (AvgIpc) is 3.14. The number of aromatic amines is 1. The largest absolute Gasteiger partial charge is 0.481 e. The topological polar surface area (TPSA) is 154 Å². The molecule has 158 valence electrons. The van der Waals surface area contributed by atoms with Crippen molar-refractivity contribution >= 4 is 28.7 Å². The second kappa shape index (κ2) is 10.7. The fourth-order valence-corrected chi connectivity index (χ4v) is 2.63. The van der Waals surface area contributed by atoms with Gasteiger partial charge in [0.2, 0.25) is 0 Å². The van der Waals surface area contributed by atoms with Crippen molar-refractivity contribution in [1.29, 1.82) is 5.41 Å². The summed E-state index contributed by atoms with van der Waals surface area (Å²) in [5.41, 5.74) is 8.65. The van der Waals surface area contributed by atoms with Gasteiger partial charge in [-0.3, -0.25) is 15.0 Å². The number of carboxylic acid groups (broad SMARTS) is 1. The highest BCUT2D eigenvalue weighted by Gasteiger charge is 2.24. The number of aliphatic carboxylic acids is 1. The average molecular weight is 411 g/mol. The van der Waals surface area contributed by atoms with Crippen LogP contribution in [-0.2, 0) is 20.9 Å². The predicted octanol–water partition coefficient (Wildman–Crippen LogP) is 2.33. The van der Waals surface area contributed by atoms with Crippen LogP contribution in [0.25, 0.3) is 11.0 Å². The standard InChI is InChI=1S/C19H21N5O2.C2H4O2/c1-2-26-16(18-23-14-5-3-4-6-15(14)24-18)19(25)22-11-12-7-9-13(10-8-12)17(20)21;1-2(3)4/h3-10,16H,2,11H2,1H3,(H3,20,21)(H,22,25)(H,23,24);1H3,(H,3,4). The van der Waals surface area contributed by atoms with Crippen LogP contribution in [0.5, 0.6) is 0 Å². The van der Waals surface area contributed by atoms with E-state index in [1.54, 1.807) is 12.1 Å². The third-order valence-electron chi connectivity index (χ3n) is 3.96. The van der Waals surface area contributed by atoms with Gasteiger partial charge in [0.05, 0.1) is 11.0 Å². The summed E-state index contributed by atoms with van der Waals surface area (Å²) >= 11 is 0. The van der Waals surface area contributed by atoms with Crippen LogP contribution in [0.1, 0.15) is 36.9 Å². The number of carbonyl (C=O) groups is 2. The highest BCUT2D eigenvalue weighted by molar-refractivity contribution is 5.94. The van der Waals surface area contributed by atoms with E-state index in [1.165, 1.54) is 0 Å². The number of carbonyl (C=O) groups excluding carboxylic acids is 1. The quantitative estimate of drug-likeness (QED) is 0.297. The molecule has 0 aliphatic carbocycles. The lowest BCUT2D eigenvalue weighted by atomic mass is 10.1. The number of carboxylic acids is 1. The van der Waals surface area contributed by atoms with E-state index in [2.05, 4.69) is 15.3 Å². The van der Waals surface area contributed by atoms with Crippen LogP contribution in [0.2, 0.25) is 0 Å². The molecule has 0 aliphatic rings. The molecule has 1 aromatic heterocycles. The first-order valence-corrected chi connectivity index (χ1v) is 9.28. The van der Waals surface area contributed by atoms with Gasteiger partial charge in [0.15, 0.2) is 6.10 Å². The Bertz CT molecular complexity index is 977. The zero-order valence-electron chi connectivity index (χ0n) is 16.8. The van der Waals surface area contributed by atoms with Crippen molar-refractivity contribution in [2.24, 2.45) is 5.73 Å². The van der Waals surface area contributed by atoms with Gasteiger partial charge in [0.25, 0.3) is 11.9 Å². The Morgan fingerprint density at radius 1 is 1.23 bits per heavy atom. The van der Waals surface area contributed by atoms with Crippen molar-refractivity contribution in [3.8, 4) is 0 Å². The van der Waals surface area contributed by atoms with Crippen LogP contribution in [0.4, 0.5) is 0 Å². The molecular weight excluding hydrogens is 386 g/mol. The van der Waals surface area contributed by atoms with E-state index in [1.807, 2.05) is 43.3 Å². The van der Waals surface area contributed by atoms with E-state index in [-0.39, 0.29) is 11.7 Å². The highest BCUT2D eigenvalue weighted by atomic mass is 16.5. The van der Waals surface area contributed by atoms with Gasteiger partial charge in [-0.05, 0) is 24.6 Å². The van der Waals surface area contributed by atoms with Gasteiger partial charge in [-0.25, -0.2) is 4.98 Å². The van der Waals surface area contributed by atoms with Crippen molar-refractivity contribution in [3.05, 3.63) is 65.5 Å².